The Labute approximate surface area is 122 Å². The highest BCUT2D eigenvalue weighted by molar-refractivity contribution is 7.99. The highest BCUT2D eigenvalue weighted by Crippen LogP contribution is 2.41. The average Bonchev–Trinajstić information content (AvgIpc) is 2.89. The number of hydrogen-bond donors (Lipinski definition) is 1. The summed E-state index contributed by atoms with van der Waals surface area (Å²) < 4.78 is 11.1. The lowest BCUT2D eigenvalue weighted by Gasteiger charge is -2.36. The Morgan fingerprint density at radius 3 is 2.85 bits per heavy atom. The van der Waals surface area contributed by atoms with Crippen LogP contribution >= 0.6 is 11.8 Å². The number of aromatic nitrogens is 2. The first kappa shape index (κ1) is 15.3. The Morgan fingerprint density at radius 2 is 2.25 bits per heavy atom. The fraction of sp³-hybridized carbons (Fsp3) is 0.769. The van der Waals surface area contributed by atoms with Crippen molar-refractivity contribution in [3.05, 3.63) is 5.82 Å². The van der Waals surface area contributed by atoms with Crippen LogP contribution in [0.4, 0.5) is 0 Å². The van der Waals surface area contributed by atoms with Gasteiger partial charge in [-0.1, -0.05) is 23.8 Å². The van der Waals surface area contributed by atoms with Crippen molar-refractivity contribution in [2.24, 2.45) is 5.92 Å². The lowest BCUT2D eigenvalue weighted by atomic mass is 9.79. The second-order valence-electron chi connectivity index (χ2n) is 5.18. The number of carbonyl (C=O) groups is 1. The molecule has 1 aliphatic rings. The van der Waals surface area contributed by atoms with Crippen LogP contribution in [-0.2, 0) is 15.1 Å². The van der Waals surface area contributed by atoms with E-state index in [-0.39, 0.29) is 5.75 Å². The summed E-state index contributed by atoms with van der Waals surface area (Å²) in [6.45, 7) is 4.79. The van der Waals surface area contributed by atoms with Crippen LogP contribution in [-0.4, -0.2) is 33.6 Å². The minimum atomic E-state index is -0.902. The van der Waals surface area contributed by atoms with Gasteiger partial charge in [0.2, 0.25) is 5.82 Å². The lowest BCUT2D eigenvalue weighted by Crippen LogP contribution is -2.35. The highest BCUT2D eigenvalue weighted by atomic mass is 32.2. The number of thioether (sulfide) groups is 1. The third-order valence-electron chi connectivity index (χ3n) is 3.64. The maximum atomic E-state index is 10.5. The first-order valence-corrected chi connectivity index (χ1v) is 7.87. The molecule has 1 N–H and O–H groups in total. The molecule has 0 aromatic carbocycles. The fourth-order valence-corrected chi connectivity index (χ4v) is 3.00. The third kappa shape index (κ3) is 3.52. The topological polar surface area (TPSA) is 85.5 Å². The van der Waals surface area contributed by atoms with E-state index in [4.69, 9.17) is 14.4 Å². The van der Waals surface area contributed by atoms with Gasteiger partial charge in [-0.05, 0) is 38.5 Å². The van der Waals surface area contributed by atoms with Crippen molar-refractivity contribution in [1.82, 2.24) is 10.1 Å². The SMILES string of the molecule is CCOC1(c2noc(SCC(=O)O)n2)CCC(C)CC1. The minimum Gasteiger partial charge on any atom is -0.481 e. The van der Waals surface area contributed by atoms with Crippen molar-refractivity contribution in [2.45, 2.75) is 50.4 Å². The molecule has 0 aliphatic heterocycles. The van der Waals surface area contributed by atoms with E-state index in [1.165, 1.54) is 0 Å². The standard InChI is InChI=1S/C13H20N2O4S/c1-3-18-13(6-4-9(2)5-7-13)11-14-12(19-15-11)20-8-10(16)17/h9H,3-8H2,1-2H3,(H,16,17). The van der Waals surface area contributed by atoms with Crippen molar-refractivity contribution >= 4 is 17.7 Å². The van der Waals surface area contributed by atoms with E-state index < -0.39 is 11.6 Å². The van der Waals surface area contributed by atoms with Crippen LogP contribution in [0.15, 0.2) is 9.75 Å². The molecule has 1 aliphatic carbocycles. The second kappa shape index (κ2) is 6.58. The maximum absolute atomic E-state index is 10.5. The van der Waals surface area contributed by atoms with E-state index in [9.17, 15) is 4.79 Å². The van der Waals surface area contributed by atoms with E-state index in [0.29, 0.717) is 23.6 Å². The van der Waals surface area contributed by atoms with Crippen LogP contribution in [0.25, 0.3) is 0 Å². The number of rotatable bonds is 6. The van der Waals surface area contributed by atoms with Crippen LogP contribution in [0.2, 0.25) is 0 Å². The summed E-state index contributed by atoms with van der Waals surface area (Å²) >= 11 is 1.04. The zero-order chi connectivity index (χ0) is 14.6. The number of carboxylic acid groups (broad SMARTS) is 1. The van der Waals surface area contributed by atoms with Crippen LogP contribution in [0.3, 0.4) is 0 Å². The zero-order valence-corrected chi connectivity index (χ0v) is 12.6. The minimum absolute atomic E-state index is 0.0830. The van der Waals surface area contributed by atoms with Gasteiger partial charge < -0.3 is 14.4 Å². The quantitative estimate of drug-likeness (QED) is 0.808. The molecule has 1 aromatic heterocycles. The summed E-state index contributed by atoms with van der Waals surface area (Å²) in [5, 5.41) is 13.0. The Kier molecular flexibility index (Phi) is 5.04. The molecular weight excluding hydrogens is 280 g/mol. The van der Waals surface area contributed by atoms with Gasteiger partial charge >= 0.3 is 5.97 Å². The molecule has 0 saturated heterocycles. The monoisotopic (exact) mass is 300 g/mol. The Morgan fingerprint density at radius 1 is 1.55 bits per heavy atom. The Bertz CT molecular complexity index is 455. The number of nitrogens with zero attached hydrogens (tertiary/aromatic N) is 2. The van der Waals surface area contributed by atoms with Gasteiger partial charge in [0.1, 0.15) is 11.4 Å². The summed E-state index contributed by atoms with van der Waals surface area (Å²) in [5.41, 5.74) is -0.465. The van der Waals surface area contributed by atoms with Gasteiger partial charge in [-0.25, -0.2) is 0 Å². The molecule has 6 nitrogen and oxygen atoms in total. The molecule has 112 valence electrons. The summed E-state index contributed by atoms with van der Waals surface area (Å²) in [6, 6.07) is 0. The Hall–Kier alpha value is -1.08. The van der Waals surface area contributed by atoms with Crippen molar-refractivity contribution in [1.29, 1.82) is 0 Å². The highest BCUT2D eigenvalue weighted by Gasteiger charge is 2.40. The van der Waals surface area contributed by atoms with E-state index in [1.54, 1.807) is 0 Å². The number of carboxylic acids is 1. The van der Waals surface area contributed by atoms with Gasteiger partial charge in [0.25, 0.3) is 5.22 Å². The lowest BCUT2D eigenvalue weighted by molar-refractivity contribution is -0.133. The maximum Gasteiger partial charge on any atom is 0.314 e. The molecule has 1 fully saturated rings. The second-order valence-corrected chi connectivity index (χ2v) is 6.10. The van der Waals surface area contributed by atoms with Gasteiger partial charge in [0.05, 0.1) is 0 Å². The molecule has 20 heavy (non-hydrogen) atoms. The predicted octanol–water partition coefficient (Wildman–Crippen LogP) is 2.69. The van der Waals surface area contributed by atoms with E-state index in [1.807, 2.05) is 6.92 Å². The first-order chi connectivity index (χ1) is 9.55. The molecule has 0 radical (unpaired) electrons. The largest absolute Gasteiger partial charge is 0.481 e. The van der Waals surface area contributed by atoms with E-state index >= 15 is 0 Å². The number of ether oxygens (including phenoxy) is 1. The molecular formula is C13H20N2O4S. The molecule has 1 aromatic rings. The van der Waals surface area contributed by atoms with E-state index in [0.717, 1.165) is 37.4 Å². The van der Waals surface area contributed by atoms with Crippen LogP contribution in [0.1, 0.15) is 45.4 Å². The van der Waals surface area contributed by atoms with Crippen molar-refractivity contribution in [2.75, 3.05) is 12.4 Å². The Balaban J connectivity index is 2.11. The van der Waals surface area contributed by atoms with Gasteiger partial charge in [-0.2, -0.15) is 4.98 Å². The number of hydrogen-bond acceptors (Lipinski definition) is 6. The third-order valence-corrected chi connectivity index (χ3v) is 4.44. The molecule has 0 spiro atoms. The molecule has 0 bridgehead atoms. The molecule has 0 unspecified atom stereocenters. The van der Waals surface area contributed by atoms with Gasteiger partial charge in [0.15, 0.2) is 0 Å². The molecule has 1 saturated carbocycles. The van der Waals surface area contributed by atoms with Crippen LogP contribution < -0.4 is 0 Å². The summed E-state index contributed by atoms with van der Waals surface area (Å²) in [5.74, 6) is 0.261. The van der Waals surface area contributed by atoms with Crippen LogP contribution in [0, 0.1) is 5.92 Å². The summed E-state index contributed by atoms with van der Waals surface area (Å²) in [6.07, 6.45) is 3.91. The van der Waals surface area contributed by atoms with Gasteiger partial charge in [-0.3, -0.25) is 4.79 Å². The fourth-order valence-electron chi connectivity index (χ4n) is 2.51. The predicted molar refractivity (Wildman–Crippen MR) is 73.6 cm³/mol. The smallest absolute Gasteiger partial charge is 0.314 e. The van der Waals surface area contributed by atoms with Crippen molar-refractivity contribution in [3.8, 4) is 0 Å². The summed E-state index contributed by atoms with van der Waals surface area (Å²) in [7, 11) is 0. The van der Waals surface area contributed by atoms with E-state index in [2.05, 4.69) is 17.1 Å². The zero-order valence-electron chi connectivity index (χ0n) is 11.8. The van der Waals surface area contributed by atoms with Gasteiger partial charge in [0, 0.05) is 6.61 Å². The van der Waals surface area contributed by atoms with Crippen LogP contribution in [0.5, 0.6) is 0 Å². The normalized spacial score (nSPS) is 26.6. The number of aliphatic carboxylic acids is 1. The molecule has 2 rings (SSSR count). The van der Waals surface area contributed by atoms with Gasteiger partial charge in [-0.15, -0.1) is 0 Å². The van der Waals surface area contributed by atoms with Crippen molar-refractivity contribution < 1.29 is 19.2 Å². The summed E-state index contributed by atoms with van der Waals surface area (Å²) in [4.78, 5) is 14.9. The van der Waals surface area contributed by atoms with Crippen molar-refractivity contribution in [3.63, 3.8) is 0 Å². The molecule has 0 amide bonds. The first-order valence-electron chi connectivity index (χ1n) is 6.88. The molecule has 0 atom stereocenters. The molecule has 7 heteroatoms. The molecule has 1 heterocycles. The average molecular weight is 300 g/mol.